The van der Waals surface area contributed by atoms with Gasteiger partial charge in [-0.3, -0.25) is 10.1 Å². The molecule has 1 saturated heterocycles. The van der Waals surface area contributed by atoms with Gasteiger partial charge in [0, 0.05) is 13.1 Å². The van der Waals surface area contributed by atoms with Crippen molar-refractivity contribution in [2.45, 2.75) is 37.0 Å². The summed E-state index contributed by atoms with van der Waals surface area (Å²) in [5, 5.41) is 16.4. The predicted molar refractivity (Wildman–Crippen MR) is 79.8 cm³/mol. The Morgan fingerprint density at radius 2 is 1.67 bits per heavy atom. The molecular weight excluding hydrogens is 294 g/mol. The molecule has 0 saturated carbocycles. The average Bonchev–Trinajstić information content (AvgIpc) is 2.36. The molecular formula is C13H19N3O4S. The highest BCUT2D eigenvalue weighted by atomic mass is 32.2. The number of para-hydroxylation sites is 1. The summed E-state index contributed by atoms with van der Waals surface area (Å²) in [5.74, 6) is 0. The van der Waals surface area contributed by atoms with Crippen molar-refractivity contribution >= 4 is 21.4 Å². The van der Waals surface area contributed by atoms with E-state index in [2.05, 4.69) is 0 Å². The second-order valence-corrected chi connectivity index (χ2v) is 6.71. The van der Waals surface area contributed by atoms with Crippen LogP contribution in [0.15, 0.2) is 23.1 Å². The van der Waals surface area contributed by atoms with Crippen molar-refractivity contribution in [2.24, 2.45) is 5.14 Å². The van der Waals surface area contributed by atoms with Gasteiger partial charge in [0.2, 0.25) is 10.0 Å². The quantitative estimate of drug-likeness (QED) is 0.678. The summed E-state index contributed by atoms with van der Waals surface area (Å²) in [6.45, 7) is 1.38. The Hall–Kier alpha value is -1.67. The Labute approximate surface area is 123 Å². The molecule has 1 aromatic rings. The van der Waals surface area contributed by atoms with Gasteiger partial charge in [-0.25, -0.2) is 13.6 Å². The molecule has 0 bridgehead atoms. The van der Waals surface area contributed by atoms with Crippen molar-refractivity contribution in [3.63, 3.8) is 0 Å². The maximum Gasteiger partial charge on any atom is 0.312 e. The zero-order valence-corrected chi connectivity index (χ0v) is 12.5. The van der Waals surface area contributed by atoms with Crippen LogP contribution in [-0.4, -0.2) is 26.4 Å². The van der Waals surface area contributed by atoms with Crippen LogP contribution in [0.25, 0.3) is 0 Å². The lowest BCUT2D eigenvalue weighted by molar-refractivity contribution is -0.387. The van der Waals surface area contributed by atoms with Crippen LogP contribution >= 0.6 is 0 Å². The van der Waals surface area contributed by atoms with E-state index in [1.54, 1.807) is 6.07 Å². The Bertz CT molecular complexity index is 622. The average molecular weight is 313 g/mol. The molecule has 1 aliphatic rings. The van der Waals surface area contributed by atoms with Crippen LogP contribution < -0.4 is 10.0 Å². The van der Waals surface area contributed by atoms with Gasteiger partial charge in [0.1, 0.15) is 5.69 Å². The van der Waals surface area contributed by atoms with E-state index in [1.807, 2.05) is 4.90 Å². The Balaban J connectivity index is 2.49. The van der Waals surface area contributed by atoms with Crippen LogP contribution in [0.4, 0.5) is 11.4 Å². The summed E-state index contributed by atoms with van der Waals surface area (Å²) in [6, 6.07) is 4.27. The van der Waals surface area contributed by atoms with Gasteiger partial charge in [0.25, 0.3) is 0 Å². The lowest BCUT2D eigenvalue weighted by Gasteiger charge is -2.26. The number of hydrogen-bond acceptors (Lipinski definition) is 5. The fourth-order valence-electron chi connectivity index (χ4n) is 2.67. The van der Waals surface area contributed by atoms with Crippen LogP contribution in [0, 0.1) is 10.1 Å². The topological polar surface area (TPSA) is 107 Å². The molecule has 7 nitrogen and oxygen atoms in total. The first kappa shape index (κ1) is 15.7. The summed E-state index contributed by atoms with van der Waals surface area (Å²) in [6.07, 6.45) is 5.22. The van der Waals surface area contributed by atoms with Gasteiger partial charge in [-0.05, 0) is 25.0 Å². The lowest BCUT2D eigenvalue weighted by atomic mass is 10.1. The molecule has 1 aliphatic heterocycles. The highest BCUT2D eigenvalue weighted by Gasteiger charge is 2.29. The molecule has 21 heavy (non-hydrogen) atoms. The van der Waals surface area contributed by atoms with Crippen LogP contribution in [0.1, 0.15) is 32.1 Å². The molecule has 8 heteroatoms. The summed E-state index contributed by atoms with van der Waals surface area (Å²) < 4.78 is 23.1. The number of primary sulfonamides is 1. The second kappa shape index (κ2) is 6.40. The zero-order chi connectivity index (χ0) is 15.5. The highest BCUT2D eigenvalue weighted by molar-refractivity contribution is 7.89. The molecule has 1 fully saturated rings. The molecule has 0 spiro atoms. The second-order valence-electron chi connectivity index (χ2n) is 5.18. The molecule has 116 valence electrons. The normalized spacial score (nSPS) is 17.1. The van der Waals surface area contributed by atoms with Crippen molar-refractivity contribution in [1.82, 2.24) is 0 Å². The Morgan fingerprint density at radius 1 is 1.10 bits per heavy atom. The van der Waals surface area contributed by atoms with Crippen LogP contribution in [-0.2, 0) is 10.0 Å². The van der Waals surface area contributed by atoms with E-state index < -0.39 is 25.5 Å². The van der Waals surface area contributed by atoms with Crippen LogP contribution in [0.3, 0.4) is 0 Å². The van der Waals surface area contributed by atoms with Gasteiger partial charge in [-0.2, -0.15) is 0 Å². The smallest absolute Gasteiger partial charge is 0.312 e. The minimum Gasteiger partial charge on any atom is -0.366 e. The molecule has 0 aromatic heterocycles. The van der Waals surface area contributed by atoms with E-state index in [9.17, 15) is 18.5 Å². The fourth-order valence-corrected chi connectivity index (χ4v) is 3.38. The highest BCUT2D eigenvalue weighted by Crippen LogP contribution is 2.34. The molecule has 1 aromatic carbocycles. The number of anilines is 1. The third-order valence-corrected chi connectivity index (χ3v) is 4.61. The first-order valence-electron chi connectivity index (χ1n) is 6.96. The molecule has 0 atom stereocenters. The number of rotatable bonds is 3. The van der Waals surface area contributed by atoms with Crippen molar-refractivity contribution in [3.8, 4) is 0 Å². The third kappa shape index (κ3) is 3.70. The number of nitrogens with zero attached hydrogens (tertiary/aromatic N) is 2. The minimum absolute atomic E-state index is 0.341. The van der Waals surface area contributed by atoms with E-state index in [1.165, 1.54) is 18.6 Å². The molecule has 2 rings (SSSR count). The number of benzene rings is 1. The van der Waals surface area contributed by atoms with Crippen LogP contribution in [0.2, 0.25) is 0 Å². The summed E-state index contributed by atoms with van der Waals surface area (Å²) >= 11 is 0. The van der Waals surface area contributed by atoms with E-state index in [4.69, 9.17) is 5.14 Å². The van der Waals surface area contributed by atoms with Gasteiger partial charge < -0.3 is 4.90 Å². The summed E-state index contributed by atoms with van der Waals surface area (Å²) in [5.41, 5.74) is -0.0750. The maximum atomic E-state index is 11.6. The Kier molecular flexibility index (Phi) is 4.79. The van der Waals surface area contributed by atoms with Crippen molar-refractivity contribution in [2.75, 3.05) is 18.0 Å². The fraction of sp³-hybridized carbons (Fsp3) is 0.538. The lowest BCUT2D eigenvalue weighted by Crippen LogP contribution is -2.28. The first-order chi connectivity index (χ1) is 9.91. The number of nitro benzene ring substituents is 1. The van der Waals surface area contributed by atoms with Crippen molar-refractivity contribution < 1.29 is 13.3 Å². The van der Waals surface area contributed by atoms with Crippen molar-refractivity contribution in [1.29, 1.82) is 0 Å². The standard InChI is InChI=1S/C13H19N3O4S/c14-21(19,20)12-8-6-7-11(13(12)16(17)18)15-9-4-2-1-3-5-10-15/h6-8H,1-5,9-10H2,(H2,14,19,20). The number of nitrogens with two attached hydrogens (primary N) is 1. The largest absolute Gasteiger partial charge is 0.366 e. The predicted octanol–water partition coefficient (Wildman–Crippen LogP) is 2.01. The first-order valence-corrected chi connectivity index (χ1v) is 8.51. The van der Waals surface area contributed by atoms with Crippen molar-refractivity contribution in [3.05, 3.63) is 28.3 Å². The number of sulfonamides is 1. The van der Waals surface area contributed by atoms with Crippen LogP contribution in [0.5, 0.6) is 0 Å². The van der Waals surface area contributed by atoms with Gasteiger partial charge in [0.15, 0.2) is 4.90 Å². The summed E-state index contributed by atoms with van der Waals surface area (Å²) in [7, 11) is -4.12. The molecule has 0 aliphatic carbocycles. The minimum atomic E-state index is -4.12. The van der Waals surface area contributed by atoms with E-state index in [-0.39, 0.29) is 0 Å². The monoisotopic (exact) mass is 313 g/mol. The SMILES string of the molecule is NS(=O)(=O)c1cccc(N2CCCCCCC2)c1[N+](=O)[O-]. The van der Waals surface area contributed by atoms with E-state index >= 15 is 0 Å². The Morgan fingerprint density at radius 3 is 2.19 bits per heavy atom. The zero-order valence-electron chi connectivity index (χ0n) is 11.7. The number of nitro groups is 1. The third-order valence-electron chi connectivity index (χ3n) is 3.66. The van der Waals surface area contributed by atoms with Gasteiger partial charge in [-0.1, -0.05) is 25.3 Å². The summed E-state index contributed by atoms with van der Waals surface area (Å²) in [4.78, 5) is 12.2. The molecule has 0 unspecified atom stereocenters. The van der Waals surface area contributed by atoms with E-state index in [0.29, 0.717) is 18.8 Å². The number of hydrogen-bond donors (Lipinski definition) is 1. The molecule has 2 N–H and O–H groups in total. The van der Waals surface area contributed by atoms with Gasteiger partial charge >= 0.3 is 5.69 Å². The maximum absolute atomic E-state index is 11.6. The van der Waals surface area contributed by atoms with E-state index in [0.717, 1.165) is 25.7 Å². The molecule has 0 amide bonds. The molecule has 1 heterocycles. The van der Waals surface area contributed by atoms with Gasteiger partial charge in [-0.15, -0.1) is 0 Å². The molecule has 0 radical (unpaired) electrons. The van der Waals surface area contributed by atoms with Gasteiger partial charge in [0.05, 0.1) is 4.92 Å².